The van der Waals surface area contributed by atoms with E-state index in [0.29, 0.717) is 0 Å². The fourth-order valence-corrected chi connectivity index (χ4v) is 1.95. The Morgan fingerprint density at radius 1 is 1.59 bits per heavy atom. The van der Waals surface area contributed by atoms with E-state index in [4.69, 9.17) is 0 Å². The van der Waals surface area contributed by atoms with Crippen LogP contribution in [-0.4, -0.2) is 34.5 Å². The minimum atomic E-state index is -0.311. The van der Waals surface area contributed by atoms with Crippen LogP contribution in [-0.2, 0) is 0 Å². The van der Waals surface area contributed by atoms with Gasteiger partial charge in [0.15, 0.2) is 0 Å². The lowest BCUT2D eigenvalue weighted by Crippen LogP contribution is -2.52. The quantitative estimate of drug-likeness (QED) is 0.654. The van der Waals surface area contributed by atoms with Gasteiger partial charge in [-0.1, -0.05) is 0 Å². The predicted molar refractivity (Wildman–Crippen MR) is 62.8 cm³/mol. The van der Waals surface area contributed by atoms with E-state index in [9.17, 15) is 9.59 Å². The number of nitrogens with zero attached hydrogens (tertiary/aromatic N) is 1. The molecule has 92 valence electrons. The first-order chi connectivity index (χ1) is 8.16. The Hall–Kier alpha value is -1.69. The van der Waals surface area contributed by atoms with E-state index in [1.807, 2.05) is 6.92 Å². The van der Waals surface area contributed by atoms with Crippen LogP contribution in [0.4, 0.5) is 0 Å². The van der Waals surface area contributed by atoms with Crippen LogP contribution < -0.4 is 16.2 Å². The zero-order valence-electron chi connectivity index (χ0n) is 9.69. The molecule has 6 heteroatoms. The standard InChI is InChI=1S/C11H16N4O2/c1-7-8(3-2-4-12-7)15-11(17)9-5-14-10(16)6-13-9/h5-8,12H,2-4H2,1H3,(H,14,16)(H,15,17). The number of aromatic nitrogens is 2. The topological polar surface area (TPSA) is 86.9 Å². The summed E-state index contributed by atoms with van der Waals surface area (Å²) in [4.78, 5) is 28.9. The Kier molecular flexibility index (Phi) is 3.53. The van der Waals surface area contributed by atoms with Crippen molar-refractivity contribution in [3.05, 3.63) is 28.4 Å². The maximum absolute atomic E-state index is 11.8. The fraction of sp³-hybridized carbons (Fsp3) is 0.545. The summed E-state index contributed by atoms with van der Waals surface area (Å²) in [6.45, 7) is 3.04. The highest BCUT2D eigenvalue weighted by molar-refractivity contribution is 5.92. The first kappa shape index (κ1) is 11.8. The molecule has 1 aliphatic heterocycles. The van der Waals surface area contributed by atoms with Crippen LogP contribution in [0.2, 0.25) is 0 Å². The van der Waals surface area contributed by atoms with E-state index >= 15 is 0 Å². The number of H-pyrrole nitrogens is 1. The van der Waals surface area contributed by atoms with Crippen molar-refractivity contribution in [1.82, 2.24) is 20.6 Å². The van der Waals surface area contributed by atoms with E-state index in [0.717, 1.165) is 25.6 Å². The molecule has 2 heterocycles. The molecule has 1 fully saturated rings. The summed E-state index contributed by atoms with van der Waals surface area (Å²) in [6, 6.07) is 0.375. The predicted octanol–water partition coefficient (Wildman–Crippen LogP) is -0.360. The Morgan fingerprint density at radius 3 is 3.06 bits per heavy atom. The molecule has 17 heavy (non-hydrogen) atoms. The molecule has 0 aliphatic carbocycles. The van der Waals surface area contributed by atoms with Crippen molar-refractivity contribution >= 4 is 5.91 Å². The molecule has 1 saturated heterocycles. The second-order valence-corrected chi connectivity index (χ2v) is 4.26. The molecule has 0 bridgehead atoms. The molecule has 2 rings (SSSR count). The Labute approximate surface area is 98.8 Å². The van der Waals surface area contributed by atoms with Gasteiger partial charge in [-0.05, 0) is 26.3 Å². The molecule has 2 atom stereocenters. The van der Waals surface area contributed by atoms with Crippen molar-refractivity contribution in [2.45, 2.75) is 31.8 Å². The maximum Gasteiger partial charge on any atom is 0.271 e. The molecule has 1 amide bonds. The molecular weight excluding hydrogens is 220 g/mol. The summed E-state index contributed by atoms with van der Waals surface area (Å²) in [5.41, 5.74) is -0.0726. The summed E-state index contributed by atoms with van der Waals surface area (Å²) in [6.07, 6.45) is 4.45. The third-order valence-electron chi connectivity index (χ3n) is 2.98. The number of hydrogen-bond donors (Lipinski definition) is 3. The normalized spacial score (nSPS) is 24.3. The summed E-state index contributed by atoms with van der Waals surface area (Å²) in [5.74, 6) is -0.248. The lowest BCUT2D eigenvalue weighted by atomic mass is 10.00. The average Bonchev–Trinajstić information content (AvgIpc) is 2.33. The Bertz CT molecular complexity index is 437. The van der Waals surface area contributed by atoms with Crippen LogP contribution in [0.3, 0.4) is 0 Å². The number of rotatable bonds is 2. The highest BCUT2D eigenvalue weighted by atomic mass is 16.2. The van der Waals surface area contributed by atoms with Crippen molar-refractivity contribution in [3.8, 4) is 0 Å². The molecule has 6 nitrogen and oxygen atoms in total. The summed E-state index contributed by atoms with van der Waals surface area (Å²) < 4.78 is 0. The zero-order chi connectivity index (χ0) is 12.3. The molecule has 1 aromatic rings. The first-order valence-corrected chi connectivity index (χ1v) is 5.76. The van der Waals surface area contributed by atoms with Crippen LogP contribution in [0.1, 0.15) is 30.3 Å². The van der Waals surface area contributed by atoms with Gasteiger partial charge in [-0.15, -0.1) is 0 Å². The van der Waals surface area contributed by atoms with Gasteiger partial charge in [-0.25, -0.2) is 4.98 Å². The second kappa shape index (κ2) is 5.09. The van der Waals surface area contributed by atoms with Crippen LogP contribution in [0.15, 0.2) is 17.2 Å². The van der Waals surface area contributed by atoms with Gasteiger partial charge in [0.25, 0.3) is 11.5 Å². The molecule has 1 aliphatic rings. The lowest BCUT2D eigenvalue weighted by Gasteiger charge is -2.30. The van der Waals surface area contributed by atoms with Gasteiger partial charge in [0, 0.05) is 18.3 Å². The largest absolute Gasteiger partial charge is 0.346 e. The molecular formula is C11H16N4O2. The lowest BCUT2D eigenvalue weighted by molar-refractivity contribution is 0.0914. The third-order valence-corrected chi connectivity index (χ3v) is 2.98. The second-order valence-electron chi connectivity index (χ2n) is 4.26. The molecule has 0 saturated carbocycles. The minimum absolute atomic E-state index is 0.116. The van der Waals surface area contributed by atoms with Crippen molar-refractivity contribution in [1.29, 1.82) is 0 Å². The number of amides is 1. The minimum Gasteiger partial charge on any atom is -0.346 e. The molecule has 1 aromatic heterocycles. The smallest absolute Gasteiger partial charge is 0.271 e. The van der Waals surface area contributed by atoms with Crippen LogP contribution >= 0.6 is 0 Å². The van der Waals surface area contributed by atoms with E-state index in [2.05, 4.69) is 20.6 Å². The summed E-state index contributed by atoms with van der Waals surface area (Å²) >= 11 is 0. The number of nitrogens with one attached hydrogen (secondary N) is 3. The highest BCUT2D eigenvalue weighted by Gasteiger charge is 2.23. The number of piperidine rings is 1. The van der Waals surface area contributed by atoms with E-state index in [-0.39, 0.29) is 29.2 Å². The van der Waals surface area contributed by atoms with Gasteiger partial charge in [-0.2, -0.15) is 0 Å². The Morgan fingerprint density at radius 2 is 2.41 bits per heavy atom. The van der Waals surface area contributed by atoms with Gasteiger partial charge in [0.1, 0.15) is 5.69 Å². The Balaban J connectivity index is 2.01. The van der Waals surface area contributed by atoms with Gasteiger partial charge >= 0.3 is 0 Å². The van der Waals surface area contributed by atoms with Crippen LogP contribution in [0, 0.1) is 0 Å². The molecule has 0 radical (unpaired) electrons. The number of carbonyl (C=O) groups is 1. The first-order valence-electron chi connectivity index (χ1n) is 5.76. The maximum atomic E-state index is 11.8. The molecule has 0 aromatic carbocycles. The van der Waals surface area contributed by atoms with Crippen LogP contribution in [0.5, 0.6) is 0 Å². The molecule has 3 N–H and O–H groups in total. The zero-order valence-corrected chi connectivity index (χ0v) is 9.69. The van der Waals surface area contributed by atoms with E-state index < -0.39 is 0 Å². The van der Waals surface area contributed by atoms with E-state index in [1.165, 1.54) is 6.20 Å². The number of hydrogen-bond acceptors (Lipinski definition) is 4. The SMILES string of the molecule is CC1NCCCC1NC(=O)c1c[nH]c(=O)cn1. The third kappa shape index (κ3) is 2.91. The van der Waals surface area contributed by atoms with E-state index in [1.54, 1.807) is 0 Å². The summed E-state index contributed by atoms with van der Waals surface area (Å²) in [7, 11) is 0. The van der Waals surface area contributed by atoms with Crippen molar-refractivity contribution in [2.75, 3.05) is 6.54 Å². The molecule has 0 spiro atoms. The average molecular weight is 236 g/mol. The van der Waals surface area contributed by atoms with Crippen molar-refractivity contribution in [3.63, 3.8) is 0 Å². The van der Waals surface area contributed by atoms with Gasteiger partial charge < -0.3 is 15.6 Å². The van der Waals surface area contributed by atoms with Gasteiger partial charge in [0.05, 0.1) is 6.20 Å². The van der Waals surface area contributed by atoms with Crippen LogP contribution in [0.25, 0.3) is 0 Å². The van der Waals surface area contributed by atoms with Crippen molar-refractivity contribution in [2.24, 2.45) is 0 Å². The van der Waals surface area contributed by atoms with Gasteiger partial charge in [0.2, 0.25) is 0 Å². The summed E-state index contributed by atoms with van der Waals surface area (Å²) in [5, 5.41) is 6.22. The number of carbonyl (C=O) groups excluding carboxylic acids is 1. The molecule has 2 unspecified atom stereocenters. The van der Waals surface area contributed by atoms with Gasteiger partial charge in [-0.3, -0.25) is 9.59 Å². The fourth-order valence-electron chi connectivity index (χ4n) is 1.95. The van der Waals surface area contributed by atoms with Crippen molar-refractivity contribution < 1.29 is 4.79 Å². The highest BCUT2D eigenvalue weighted by Crippen LogP contribution is 2.08. The monoisotopic (exact) mass is 236 g/mol. The number of aromatic amines is 1.